The number of carbonyl (C=O) groups is 1. The van der Waals surface area contributed by atoms with Crippen molar-refractivity contribution in [3.05, 3.63) is 14.5 Å². The molecule has 0 spiro atoms. The highest BCUT2D eigenvalue weighted by Crippen LogP contribution is 2.24. The molecule has 2 heterocycles. The molecule has 1 aliphatic heterocycles. The summed E-state index contributed by atoms with van der Waals surface area (Å²) in [5.41, 5.74) is 6.24. The van der Waals surface area contributed by atoms with Crippen molar-refractivity contribution in [2.45, 2.75) is 13.3 Å². The van der Waals surface area contributed by atoms with Gasteiger partial charge in [0.05, 0.1) is 11.4 Å². The molecular weight excluding hydrogens is 276 g/mol. The van der Waals surface area contributed by atoms with E-state index < -0.39 is 0 Å². The first-order valence-corrected chi connectivity index (χ1v) is 6.41. The van der Waals surface area contributed by atoms with E-state index in [0.717, 1.165) is 5.69 Å². The van der Waals surface area contributed by atoms with Crippen molar-refractivity contribution in [2.75, 3.05) is 0 Å². The normalized spacial score (nSPS) is 13.5. The summed E-state index contributed by atoms with van der Waals surface area (Å²) >= 11 is 11.2. The maximum Gasteiger partial charge on any atom is 0.291 e. The average Bonchev–Trinajstić information content (AvgIpc) is 2.95. The molecule has 0 unspecified atom stereocenters. The van der Waals surface area contributed by atoms with Gasteiger partial charge in [-0.15, -0.1) is 5.10 Å². The summed E-state index contributed by atoms with van der Waals surface area (Å²) in [5.74, 6) is 0.453. The zero-order valence-corrected chi connectivity index (χ0v) is 11.7. The van der Waals surface area contributed by atoms with Crippen LogP contribution >= 0.6 is 35.8 Å². The molecule has 0 saturated heterocycles. The van der Waals surface area contributed by atoms with Crippen LogP contribution in [0.15, 0.2) is 5.10 Å². The molecule has 2 rings (SSSR count). The Labute approximate surface area is 113 Å². The van der Waals surface area contributed by atoms with Gasteiger partial charge in [0, 0.05) is 12.7 Å². The monoisotopic (exact) mass is 286 g/mol. The van der Waals surface area contributed by atoms with E-state index in [2.05, 4.69) is 5.10 Å². The fourth-order valence-electron chi connectivity index (χ4n) is 1.34. The highest BCUT2D eigenvalue weighted by molar-refractivity contribution is 7.80. The van der Waals surface area contributed by atoms with Crippen molar-refractivity contribution >= 4 is 52.5 Å². The van der Waals surface area contributed by atoms with E-state index in [4.69, 9.17) is 30.2 Å². The van der Waals surface area contributed by atoms with Crippen LogP contribution in [0.1, 0.15) is 21.8 Å². The van der Waals surface area contributed by atoms with Gasteiger partial charge in [-0.25, -0.2) is 0 Å². The molecule has 2 N–H and O–H groups in total. The number of hydrogen-bond acceptors (Lipinski definition) is 5. The number of thiocarbonyl (C=S) groups is 1. The smallest absolute Gasteiger partial charge is 0.291 e. The molecule has 1 aliphatic rings. The first kappa shape index (κ1) is 12.3. The highest BCUT2D eigenvalue weighted by Gasteiger charge is 2.34. The lowest BCUT2D eigenvalue weighted by Gasteiger charge is -2.00. The van der Waals surface area contributed by atoms with Crippen LogP contribution in [0.5, 0.6) is 0 Å². The van der Waals surface area contributed by atoms with Gasteiger partial charge in [0.15, 0.2) is 9.79 Å². The summed E-state index contributed by atoms with van der Waals surface area (Å²) < 4.78 is 2.48. The van der Waals surface area contributed by atoms with Crippen LogP contribution in [0.3, 0.4) is 0 Å². The molecule has 0 bridgehead atoms. The van der Waals surface area contributed by atoms with Crippen molar-refractivity contribution in [1.82, 2.24) is 9.58 Å². The van der Waals surface area contributed by atoms with Crippen molar-refractivity contribution in [3.8, 4) is 0 Å². The van der Waals surface area contributed by atoms with Crippen molar-refractivity contribution in [3.63, 3.8) is 0 Å². The molecular formula is C9H10N4OS3. The summed E-state index contributed by atoms with van der Waals surface area (Å²) in [4.78, 5) is 13.0. The van der Waals surface area contributed by atoms with Crippen LogP contribution in [0.2, 0.25) is 0 Å². The van der Waals surface area contributed by atoms with Crippen LogP contribution in [0.25, 0.3) is 0 Å². The number of carbonyl (C=O) groups excluding carboxylic acids is 1. The van der Waals surface area contributed by atoms with Crippen molar-refractivity contribution < 1.29 is 4.79 Å². The summed E-state index contributed by atoms with van der Waals surface area (Å²) in [6.45, 7) is 1.86. The van der Waals surface area contributed by atoms with E-state index in [0.29, 0.717) is 26.1 Å². The summed E-state index contributed by atoms with van der Waals surface area (Å²) in [5, 5.41) is 5.27. The van der Waals surface area contributed by atoms with Crippen LogP contribution in [0.4, 0.5) is 0 Å². The first-order valence-electron chi connectivity index (χ1n) is 4.78. The van der Waals surface area contributed by atoms with Crippen LogP contribution in [0, 0.1) is 10.9 Å². The molecule has 0 aromatic carbocycles. The molecule has 1 amide bonds. The summed E-state index contributed by atoms with van der Waals surface area (Å²) in [7, 11) is 1.84. The predicted molar refractivity (Wildman–Crippen MR) is 73.9 cm³/mol. The maximum absolute atomic E-state index is 12.1. The van der Waals surface area contributed by atoms with E-state index in [-0.39, 0.29) is 5.91 Å². The second kappa shape index (κ2) is 4.28. The Kier molecular flexibility index (Phi) is 3.11. The van der Waals surface area contributed by atoms with Crippen LogP contribution < -0.4 is 5.73 Å². The number of aromatic nitrogens is 1. The quantitative estimate of drug-likeness (QED) is 0.857. The number of nitrogens with zero attached hydrogens (tertiary/aromatic N) is 3. The predicted octanol–water partition coefficient (Wildman–Crippen LogP) is 1.57. The molecule has 5 nitrogen and oxygen atoms in total. The minimum atomic E-state index is -0.162. The molecule has 1 aromatic rings. The number of nitrogens with two attached hydrogens (primary N) is 1. The number of hydrogen-bond donors (Lipinski definition) is 1. The lowest BCUT2D eigenvalue weighted by molar-refractivity contribution is 0.0890. The SMILES string of the molecule is Cc1c(C(=O)N2N=C2CC(N)=S)sc(=S)n1C. The second-order valence-corrected chi connectivity index (χ2v) is 5.79. The standard InChI is InChI=1S/C9H10N4OS3/c1-4-7(17-9(16)12(4)2)8(14)13-6(11-13)3-5(10)15/h3H2,1-2H3,(H2,10,15). The van der Waals surface area contributed by atoms with Crippen LogP contribution in [-0.4, -0.2) is 26.3 Å². The van der Waals surface area contributed by atoms with E-state index in [1.807, 2.05) is 18.5 Å². The highest BCUT2D eigenvalue weighted by atomic mass is 32.1. The van der Waals surface area contributed by atoms with E-state index in [1.54, 1.807) is 0 Å². The Morgan fingerprint density at radius 1 is 1.59 bits per heavy atom. The van der Waals surface area contributed by atoms with Crippen molar-refractivity contribution in [2.24, 2.45) is 17.9 Å². The fourth-order valence-corrected chi connectivity index (χ4v) is 2.76. The topological polar surface area (TPSA) is 63.4 Å². The Balaban J connectivity index is 2.16. The molecule has 0 radical (unpaired) electrons. The van der Waals surface area contributed by atoms with E-state index >= 15 is 0 Å². The summed E-state index contributed by atoms with van der Waals surface area (Å²) in [6, 6.07) is 0. The zero-order chi connectivity index (χ0) is 12.7. The Hall–Kier alpha value is -1.12. The third-order valence-corrected chi connectivity index (χ3v) is 4.23. The number of rotatable bonds is 3. The molecule has 0 atom stereocenters. The minimum absolute atomic E-state index is 0.162. The van der Waals surface area contributed by atoms with Crippen LogP contribution in [-0.2, 0) is 7.05 Å². The van der Waals surface area contributed by atoms with E-state index in [1.165, 1.54) is 16.3 Å². The van der Waals surface area contributed by atoms with Gasteiger partial charge in [-0.2, -0.15) is 5.01 Å². The van der Waals surface area contributed by atoms with Gasteiger partial charge < -0.3 is 10.3 Å². The molecule has 0 aliphatic carbocycles. The molecule has 17 heavy (non-hydrogen) atoms. The third-order valence-electron chi connectivity index (χ3n) is 2.43. The number of thiazole rings is 1. The third kappa shape index (κ3) is 2.28. The molecule has 8 heteroatoms. The average molecular weight is 286 g/mol. The molecule has 90 valence electrons. The fraction of sp³-hybridized carbons (Fsp3) is 0.333. The van der Waals surface area contributed by atoms with E-state index in [9.17, 15) is 4.79 Å². The number of hydrazone groups is 1. The Bertz CT molecular complexity index is 598. The van der Waals surface area contributed by atoms with Gasteiger partial charge in [-0.1, -0.05) is 23.6 Å². The van der Waals surface area contributed by atoms with Gasteiger partial charge >= 0.3 is 0 Å². The summed E-state index contributed by atoms with van der Waals surface area (Å²) in [6.07, 6.45) is 0.359. The first-order chi connectivity index (χ1) is 7.91. The van der Waals surface area contributed by atoms with Gasteiger partial charge in [0.25, 0.3) is 5.91 Å². The van der Waals surface area contributed by atoms with Gasteiger partial charge in [0.1, 0.15) is 4.88 Å². The largest absolute Gasteiger partial charge is 0.393 e. The molecule has 1 aromatic heterocycles. The maximum atomic E-state index is 12.1. The van der Waals surface area contributed by atoms with Gasteiger partial charge in [0.2, 0.25) is 0 Å². The van der Waals surface area contributed by atoms with Gasteiger partial charge in [-0.3, -0.25) is 4.79 Å². The Morgan fingerprint density at radius 2 is 2.24 bits per heavy atom. The lowest BCUT2D eigenvalue weighted by atomic mass is 10.3. The lowest BCUT2D eigenvalue weighted by Crippen LogP contribution is -2.20. The molecule has 0 fully saturated rings. The second-order valence-electron chi connectivity index (χ2n) is 3.62. The number of amides is 1. The van der Waals surface area contributed by atoms with Crippen molar-refractivity contribution in [1.29, 1.82) is 0 Å². The Morgan fingerprint density at radius 3 is 2.71 bits per heavy atom. The number of amidine groups is 1. The molecule has 0 saturated carbocycles. The van der Waals surface area contributed by atoms with Gasteiger partial charge in [-0.05, 0) is 19.1 Å². The minimum Gasteiger partial charge on any atom is -0.393 e. The zero-order valence-electron chi connectivity index (χ0n) is 9.26.